The SMILES string of the molecule is CCCCCCCCCC(NCC)c1c(Cl)cnn1CC. The van der Waals surface area contributed by atoms with Gasteiger partial charge in [0.05, 0.1) is 23.0 Å². The summed E-state index contributed by atoms with van der Waals surface area (Å²) in [5, 5.41) is 8.72. The van der Waals surface area contributed by atoms with Crippen LogP contribution in [-0.4, -0.2) is 16.3 Å². The number of unbranched alkanes of at least 4 members (excludes halogenated alkanes) is 6. The highest BCUT2D eigenvalue weighted by Gasteiger charge is 2.18. The molecule has 1 aromatic heterocycles. The number of aryl methyl sites for hydroxylation is 1. The molecule has 0 saturated heterocycles. The van der Waals surface area contributed by atoms with Crippen molar-refractivity contribution in [3.8, 4) is 0 Å². The fourth-order valence-corrected chi connectivity index (χ4v) is 3.13. The highest BCUT2D eigenvalue weighted by Crippen LogP contribution is 2.27. The van der Waals surface area contributed by atoms with Crippen LogP contribution in [0.3, 0.4) is 0 Å². The van der Waals surface area contributed by atoms with Crippen molar-refractivity contribution >= 4 is 11.6 Å². The van der Waals surface area contributed by atoms with Gasteiger partial charge in [-0.1, -0.05) is 70.4 Å². The summed E-state index contributed by atoms with van der Waals surface area (Å²) >= 11 is 6.33. The predicted molar refractivity (Wildman–Crippen MR) is 91.9 cm³/mol. The predicted octanol–water partition coefficient (Wildman–Crippen LogP) is 5.35. The molecule has 0 aromatic carbocycles. The van der Waals surface area contributed by atoms with Crippen LogP contribution in [0.2, 0.25) is 5.02 Å². The first-order chi connectivity index (χ1) is 10.2. The molecule has 1 rings (SSSR count). The Morgan fingerprint density at radius 1 is 1.10 bits per heavy atom. The molecule has 21 heavy (non-hydrogen) atoms. The highest BCUT2D eigenvalue weighted by atomic mass is 35.5. The third kappa shape index (κ3) is 6.39. The molecule has 122 valence electrons. The molecule has 0 aliphatic rings. The molecule has 0 aliphatic carbocycles. The number of halogens is 1. The van der Waals surface area contributed by atoms with Gasteiger partial charge in [0, 0.05) is 6.54 Å². The molecule has 1 heterocycles. The minimum atomic E-state index is 0.334. The van der Waals surface area contributed by atoms with Crippen LogP contribution < -0.4 is 5.32 Å². The molecule has 0 saturated carbocycles. The van der Waals surface area contributed by atoms with E-state index in [2.05, 4.69) is 31.2 Å². The van der Waals surface area contributed by atoms with Crippen LogP contribution in [0.25, 0.3) is 0 Å². The maximum Gasteiger partial charge on any atom is 0.0834 e. The van der Waals surface area contributed by atoms with E-state index < -0.39 is 0 Å². The molecule has 1 unspecified atom stereocenters. The lowest BCUT2D eigenvalue weighted by atomic mass is 10.0. The van der Waals surface area contributed by atoms with Gasteiger partial charge >= 0.3 is 0 Å². The molecular weight excluding hydrogens is 282 g/mol. The van der Waals surface area contributed by atoms with Crippen molar-refractivity contribution < 1.29 is 0 Å². The fraction of sp³-hybridized carbons (Fsp3) is 0.824. The van der Waals surface area contributed by atoms with Gasteiger partial charge in [0.15, 0.2) is 0 Å². The summed E-state index contributed by atoms with van der Waals surface area (Å²) in [6.07, 6.45) is 12.3. The lowest BCUT2D eigenvalue weighted by molar-refractivity contribution is 0.442. The van der Waals surface area contributed by atoms with Gasteiger partial charge < -0.3 is 5.32 Å². The van der Waals surface area contributed by atoms with Crippen molar-refractivity contribution in [1.29, 1.82) is 0 Å². The Labute approximate surface area is 135 Å². The molecule has 1 N–H and O–H groups in total. The lowest BCUT2D eigenvalue weighted by Crippen LogP contribution is -2.24. The second-order valence-electron chi connectivity index (χ2n) is 5.71. The average Bonchev–Trinajstić information content (AvgIpc) is 2.86. The highest BCUT2D eigenvalue weighted by molar-refractivity contribution is 6.31. The van der Waals surface area contributed by atoms with Crippen molar-refractivity contribution in [2.24, 2.45) is 0 Å². The van der Waals surface area contributed by atoms with E-state index >= 15 is 0 Å². The minimum Gasteiger partial charge on any atom is -0.309 e. The van der Waals surface area contributed by atoms with Crippen molar-refractivity contribution in [3.63, 3.8) is 0 Å². The second kappa shape index (κ2) is 11.1. The van der Waals surface area contributed by atoms with Gasteiger partial charge in [0.25, 0.3) is 0 Å². The number of hydrogen-bond donors (Lipinski definition) is 1. The van der Waals surface area contributed by atoms with E-state index in [0.29, 0.717) is 6.04 Å². The molecule has 0 amide bonds. The maximum absolute atomic E-state index is 6.33. The summed E-state index contributed by atoms with van der Waals surface area (Å²) in [6, 6.07) is 0.334. The third-order valence-corrected chi connectivity index (χ3v) is 4.30. The van der Waals surface area contributed by atoms with Crippen molar-refractivity contribution in [2.75, 3.05) is 6.54 Å². The molecule has 0 fully saturated rings. The Balaban J connectivity index is 2.41. The summed E-state index contributed by atoms with van der Waals surface area (Å²) in [5.74, 6) is 0. The zero-order valence-corrected chi connectivity index (χ0v) is 14.8. The zero-order chi connectivity index (χ0) is 15.5. The lowest BCUT2D eigenvalue weighted by Gasteiger charge is -2.19. The van der Waals surface area contributed by atoms with Crippen LogP contribution in [0.1, 0.15) is 83.9 Å². The van der Waals surface area contributed by atoms with E-state index in [4.69, 9.17) is 11.6 Å². The van der Waals surface area contributed by atoms with Gasteiger partial charge in [-0.15, -0.1) is 0 Å². The molecule has 3 nitrogen and oxygen atoms in total. The molecule has 1 atom stereocenters. The topological polar surface area (TPSA) is 29.9 Å². The van der Waals surface area contributed by atoms with Crippen LogP contribution in [0.4, 0.5) is 0 Å². The first-order valence-electron chi connectivity index (χ1n) is 8.69. The molecule has 0 aliphatic heterocycles. The van der Waals surface area contributed by atoms with Crippen LogP contribution >= 0.6 is 11.6 Å². The first kappa shape index (κ1) is 18.5. The Morgan fingerprint density at radius 2 is 1.76 bits per heavy atom. The van der Waals surface area contributed by atoms with Crippen LogP contribution in [-0.2, 0) is 6.54 Å². The van der Waals surface area contributed by atoms with Crippen LogP contribution in [0.5, 0.6) is 0 Å². The summed E-state index contributed by atoms with van der Waals surface area (Å²) in [5.41, 5.74) is 1.16. The van der Waals surface area contributed by atoms with Crippen molar-refractivity contribution in [2.45, 2.75) is 84.7 Å². The van der Waals surface area contributed by atoms with Crippen LogP contribution in [0, 0.1) is 0 Å². The van der Waals surface area contributed by atoms with Gasteiger partial charge in [-0.2, -0.15) is 5.10 Å². The first-order valence-corrected chi connectivity index (χ1v) is 9.06. The fourth-order valence-electron chi connectivity index (χ4n) is 2.86. The Bertz CT molecular complexity index is 376. The Hall–Kier alpha value is -0.540. The summed E-state index contributed by atoms with van der Waals surface area (Å²) in [6.45, 7) is 8.37. The van der Waals surface area contributed by atoms with Gasteiger partial charge in [-0.3, -0.25) is 4.68 Å². The standard InChI is InChI=1S/C17H32ClN3/c1-4-7-8-9-10-11-12-13-16(19-5-2)17-15(18)14-20-21(17)6-3/h14,16,19H,4-13H2,1-3H3. The van der Waals surface area contributed by atoms with E-state index in [-0.39, 0.29) is 0 Å². The number of rotatable bonds is 12. The quantitative estimate of drug-likeness (QED) is 0.527. The molecule has 0 bridgehead atoms. The zero-order valence-electron chi connectivity index (χ0n) is 14.0. The van der Waals surface area contributed by atoms with Gasteiger partial charge in [0.2, 0.25) is 0 Å². The van der Waals surface area contributed by atoms with Gasteiger partial charge in [-0.25, -0.2) is 0 Å². The van der Waals surface area contributed by atoms with E-state index in [9.17, 15) is 0 Å². The normalized spacial score (nSPS) is 12.8. The Morgan fingerprint density at radius 3 is 2.38 bits per heavy atom. The van der Waals surface area contributed by atoms with Crippen molar-refractivity contribution in [3.05, 3.63) is 16.9 Å². The van der Waals surface area contributed by atoms with E-state index in [0.717, 1.165) is 30.2 Å². The van der Waals surface area contributed by atoms with E-state index in [1.165, 1.54) is 44.9 Å². The summed E-state index contributed by atoms with van der Waals surface area (Å²) in [4.78, 5) is 0. The monoisotopic (exact) mass is 313 g/mol. The average molecular weight is 314 g/mol. The maximum atomic E-state index is 6.33. The summed E-state index contributed by atoms with van der Waals surface area (Å²) < 4.78 is 2.02. The Kier molecular flexibility index (Phi) is 9.77. The molecule has 0 spiro atoms. The largest absolute Gasteiger partial charge is 0.309 e. The molecule has 0 radical (unpaired) electrons. The second-order valence-corrected chi connectivity index (χ2v) is 6.12. The molecule has 1 aromatic rings. The molecular formula is C17H32ClN3. The number of nitrogens with one attached hydrogen (secondary N) is 1. The van der Waals surface area contributed by atoms with Gasteiger partial charge in [0.1, 0.15) is 0 Å². The number of nitrogens with zero attached hydrogens (tertiary/aromatic N) is 2. The van der Waals surface area contributed by atoms with Crippen molar-refractivity contribution in [1.82, 2.24) is 15.1 Å². The third-order valence-electron chi connectivity index (χ3n) is 4.01. The number of aromatic nitrogens is 2. The van der Waals surface area contributed by atoms with E-state index in [1.54, 1.807) is 6.20 Å². The smallest absolute Gasteiger partial charge is 0.0834 e. The van der Waals surface area contributed by atoms with E-state index in [1.807, 2.05) is 4.68 Å². The van der Waals surface area contributed by atoms with Crippen LogP contribution in [0.15, 0.2) is 6.20 Å². The minimum absolute atomic E-state index is 0.334. The molecule has 4 heteroatoms. The van der Waals surface area contributed by atoms with Gasteiger partial charge in [-0.05, 0) is 19.9 Å². The summed E-state index contributed by atoms with van der Waals surface area (Å²) in [7, 11) is 0. The number of hydrogen-bond acceptors (Lipinski definition) is 2.